The quantitative estimate of drug-likeness (QED) is 0.510. The molecule has 3 amide bonds. The Balaban J connectivity index is 1.35. The number of rotatable bonds is 6. The zero-order valence-corrected chi connectivity index (χ0v) is 22.5. The Morgan fingerprint density at radius 2 is 1.46 bits per heavy atom. The Bertz CT molecular complexity index is 1300. The van der Waals surface area contributed by atoms with Crippen LogP contribution in [0.5, 0.6) is 0 Å². The first-order valence-corrected chi connectivity index (χ1v) is 13.7. The van der Waals surface area contributed by atoms with E-state index in [2.05, 4.69) is 12.2 Å². The molecule has 2 aliphatic heterocycles. The first-order chi connectivity index (χ1) is 18.9. The second-order valence-corrected chi connectivity index (χ2v) is 10.3. The molecule has 0 saturated carbocycles. The van der Waals surface area contributed by atoms with Crippen LogP contribution in [0.2, 0.25) is 0 Å². The molecule has 0 unspecified atom stereocenters. The smallest absolute Gasteiger partial charge is 0.256 e. The van der Waals surface area contributed by atoms with E-state index in [1.54, 1.807) is 17.0 Å². The fourth-order valence-electron chi connectivity index (χ4n) is 5.55. The lowest BCUT2D eigenvalue weighted by molar-refractivity contribution is -0.128. The molecule has 7 nitrogen and oxygen atoms in total. The summed E-state index contributed by atoms with van der Waals surface area (Å²) in [5.41, 5.74) is 2.38. The fourth-order valence-corrected chi connectivity index (χ4v) is 5.55. The maximum Gasteiger partial charge on any atom is 0.256 e. The SMILES string of the molecule is CCc1ccc(C(=O)N2CCC3(CC2)OC[C@H](C(=O)N[C@H](C)c2ccccc2)N3C(=O)c2ccccc2)cc1. The third-order valence-electron chi connectivity index (χ3n) is 7.90. The van der Waals surface area contributed by atoms with Crippen molar-refractivity contribution in [3.05, 3.63) is 107 Å². The van der Waals surface area contributed by atoms with Gasteiger partial charge in [0.25, 0.3) is 11.8 Å². The van der Waals surface area contributed by atoms with E-state index in [0.29, 0.717) is 37.1 Å². The normalized spacial score (nSPS) is 19.1. The maximum atomic E-state index is 13.9. The van der Waals surface area contributed by atoms with Gasteiger partial charge in [-0.3, -0.25) is 19.3 Å². The van der Waals surface area contributed by atoms with Crippen LogP contribution >= 0.6 is 0 Å². The standard InChI is InChI=1S/C32H35N3O4/c1-3-24-14-16-27(17-15-24)30(37)34-20-18-32(19-21-34)35(31(38)26-12-8-5-9-13-26)28(22-39-32)29(36)33-23(2)25-10-6-4-7-11-25/h4-17,23,28H,3,18-22H2,1-2H3,(H,33,36)/t23-,28-/m1/s1. The van der Waals surface area contributed by atoms with Crippen LogP contribution in [0.25, 0.3) is 0 Å². The Kier molecular flexibility index (Phi) is 7.79. The van der Waals surface area contributed by atoms with Gasteiger partial charge in [0.2, 0.25) is 5.91 Å². The van der Waals surface area contributed by atoms with Crippen molar-refractivity contribution in [2.45, 2.75) is 50.9 Å². The minimum atomic E-state index is -0.951. The number of hydrogen-bond acceptors (Lipinski definition) is 4. The van der Waals surface area contributed by atoms with Gasteiger partial charge < -0.3 is 15.0 Å². The first-order valence-electron chi connectivity index (χ1n) is 13.7. The molecule has 0 bridgehead atoms. The minimum Gasteiger partial charge on any atom is -0.353 e. The first kappa shape index (κ1) is 26.6. The number of nitrogens with zero attached hydrogens (tertiary/aromatic N) is 2. The van der Waals surface area contributed by atoms with Crippen LogP contribution in [-0.4, -0.2) is 59.0 Å². The summed E-state index contributed by atoms with van der Waals surface area (Å²) in [5.74, 6) is -0.519. The van der Waals surface area contributed by atoms with E-state index in [4.69, 9.17) is 4.74 Å². The summed E-state index contributed by atoms with van der Waals surface area (Å²) in [7, 11) is 0. The van der Waals surface area contributed by atoms with Crippen molar-refractivity contribution in [1.82, 2.24) is 15.1 Å². The number of carbonyl (C=O) groups is 3. The summed E-state index contributed by atoms with van der Waals surface area (Å²) in [4.78, 5) is 44.1. The second kappa shape index (κ2) is 11.4. The van der Waals surface area contributed by atoms with E-state index in [-0.39, 0.29) is 30.4 Å². The van der Waals surface area contributed by atoms with Gasteiger partial charge in [-0.05, 0) is 48.7 Å². The van der Waals surface area contributed by atoms with Crippen molar-refractivity contribution >= 4 is 17.7 Å². The summed E-state index contributed by atoms with van der Waals surface area (Å²) in [5, 5.41) is 3.08. The van der Waals surface area contributed by atoms with E-state index in [1.165, 1.54) is 5.56 Å². The summed E-state index contributed by atoms with van der Waals surface area (Å²) in [6, 6.07) is 25.5. The van der Waals surface area contributed by atoms with Crippen LogP contribution < -0.4 is 5.32 Å². The van der Waals surface area contributed by atoms with Gasteiger partial charge in [0.05, 0.1) is 12.6 Å². The monoisotopic (exact) mass is 525 g/mol. The van der Waals surface area contributed by atoms with Crippen molar-refractivity contribution in [3.8, 4) is 0 Å². The largest absolute Gasteiger partial charge is 0.353 e. The van der Waals surface area contributed by atoms with Gasteiger partial charge in [-0.2, -0.15) is 0 Å². The third kappa shape index (κ3) is 5.45. The summed E-state index contributed by atoms with van der Waals surface area (Å²) in [6.45, 7) is 4.99. The zero-order valence-electron chi connectivity index (χ0n) is 22.5. The fraction of sp³-hybridized carbons (Fsp3) is 0.344. The van der Waals surface area contributed by atoms with Gasteiger partial charge in [-0.1, -0.05) is 67.6 Å². The van der Waals surface area contributed by atoms with Gasteiger partial charge in [0.15, 0.2) is 0 Å². The zero-order chi connectivity index (χ0) is 27.4. The predicted molar refractivity (Wildman–Crippen MR) is 149 cm³/mol. The van der Waals surface area contributed by atoms with E-state index in [9.17, 15) is 14.4 Å². The molecule has 2 fully saturated rings. The van der Waals surface area contributed by atoms with Gasteiger partial charge >= 0.3 is 0 Å². The average Bonchev–Trinajstić information content (AvgIpc) is 3.36. The molecule has 3 aromatic rings. The molecule has 0 radical (unpaired) electrons. The van der Waals surface area contributed by atoms with Crippen LogP contribution in [0.1, 0.15) is 64.6 Å². The molecule has 0 aromatic heterocycles. The molecular formula is C32H35N3O4. The number of hydrogen-bond donors (Lipinski definition) is 1. The molecule has 39 heavy (non-hydrogen) atoms. The number of likely N-dealkylation sites (tertiary alicyclic amines) is 1. The molecular weight excluding hydrogens is 490 g/mol. The van der Waals surface area contributed by atoms with Crippen LogP contribution in [0.4, 0.5) is 0 Å². The predicted octanol–water partition coefficient (Wildman–Crippen LogP) is 4.60. The molecule has 2 aliphatic rings. The Morgan fingerprint density at radius 3 is 2.08 bits per heavy atom. The maximum absolute atomic E-state index is 13.9. The molecule has 202 valence electrons. The van der Waals surface area contributed by atoms with Crippen LogP contribution in [0, 0.1) is 0 Å². The highest BCUT2D eigenvalue weighted by Gasteiger charge is 2.54. The van der Waals surface area contributed by atoms with Gasteiger partial charge in [0.1, 0.15) is 11.8 Å². The van der Waals surface area contributed by atoms with Gasteiger partial charge in [-0.15, -0.1) is 0 Å². The number of nitrogens with one attached hydrogen (secondary N) is 1. The molecule has 1 spiro atoms. The third-order valence-corrected chi connectivity index (χ3v) is 7.90. The molecule has 3 aromatic carbocycles. The number of benzene rings is 3. The van der Waals surface area contributed by atoms with E-state index >= 15 is 0 Å². The molecule has 2 saturated heterocycles. The van der Waals surface area contributed by atoms with Crippen LogP contribution in [0.15, 0.2) is 84.9 Å². The topological polar surface area (TPSA) is 79.0 Å². The molecule has 2 atom stereocenters. The minimum absolute atomic E-state index is 0.0302. The molecule has 5 rings (SSSR count). The van der Waals surface area contributed by atoms with E-state index < -0.39 is 11.8 Å². The van der Waals surface area contributed by atoms with E-state index in [0.717, 1.165) is 12.0 Å². The summed E-state index contributed by atoms with van der Waals surface area (Å²) in [6.07, 6.45) is 1.78. The summed E-state index contributed by atoms with van der Waals surface area (Å²) < 4.78 is 6.33. The highest BCUT2D eigenvalue weighted by atomic mass is 16.5. The van der Waals surface area contributed by atoms with Crippen LogP contribution in [-0.2, 0) is 16.0 Å². The van der Waals surface area contributed by atoms with Crippen molar-refractivity contribution in [3.63, 3.8) is 0 Å². The van der Waals surface area contributed by atoms with Crippen molar-refractivity contribution < 1.29 is 19.1 Å². The molecule has 2 heterocycles. The Hall–Kier alpha value is -3.97. The van der Waals surface area contributed by atoms with Crippen LogP contribution in [0.3, 0.4) is 0 Å². The number of carbonyl (C=O) groups excluding carboxylic acids is 3. The lowest BCUT2D eigenvalue weighted by Crippen LogP contribution is -2.60. The summed E-state index contributed by atoms with van der Waals surface area (Å²) >= 11 is 0. The lowest BCUT2D eigenvalue weighted by Gasteiger charge is -2.44. The van der Waals surface area contributed by atoms with E-state index in [1.807, 2.05) is 84.6 Å². The lowest BCUT2D eigenvalue weighted by atomic mass is 9.95. The molecule has 0 aliphatic carbocycles. The van der Waals surface area contributed by atoms with Crippen molar-refractivity contribution in [1.29, 1.82) is 0 Å². The number of aryl methyl sites for hydroxylation is 1. The second-order valence-electron chi connectivity index (χ2n) is 10.3. The van der Waals surface area contributed by atoms with Gasteiger partial charge in [-0.25, -0.2) is 0 Å². The Labute approximate surface area is 229 Å². The molecule has 7 heteroatoms. The highest BCUT2D eigenvalue weighted by Crippen LogP contribution is 2.39. The van der Waals surface area contributed by atoms with Crippen molar-refractivity contribution in [2.75, 3.05) is 19.7 Å². The molecule has 1 N–H and O–H groups in total. The highest BCUT2D eigenvalue weighted by molar-refractivity contribution is 5.98. The van der Waals surface area contributed by atoms with Crippen molar-refractivity contribution in [2.24, 2.45) is 0 Å². The van der Waals surface area contributed by atoms with Gasteiger partial charge in [0, 0.05) is 37.1 Å². The number of piperidine rings is 1. The average molecular weight is 526 g/mol. The number of amides is 3. The number of ether oxygens (including phenoxy) is 1. The Morgan fingerprint density at radius 1 is 0.872 bits per heavy atom.